The number of alkyl halides is 3. The summed E-state index contributed by atoms with van der Waals surface area (Å²) in [6.45, 7) is 2.73. The summed E-state index contributed by atoms with van der Waals surface area (Å²) in [5.41, 5.74) is 6.92. The molecule has 148 valence electrons. The van der Waals surface area contributed by atoms with Gasteiger partial charge < -0.3 is 19.9 Å². The lowest BCUT2D eigenvalue weighted by molar-refractivity contribution is -0.274. The van der Waals surface area contributed by atoms with Gasteiger partial charge in [-0.2, -0.15) is 5.10 Å². The first-order valence-corrected chi connectivity index (χ1v) is 8.78. The second-order valence-electron chi connectivity index (χ2n) is 6.35. The van der Waals surface area contributed by atoms with E-state index in [4.69, 9.17) is 15.2 Å². The standard InChI is InChI=1S/C18H22F3N3O3/c19-18(20,21)27-15-1-2-16(14-10-23-24(11-14)6-5-22)17(9-15)26-12-13-3-7-25-8-4-13/h1-2,9-11,13H,3-8,12,22H2. The maximum atomic E-state index is 12.6. The van der Waals surface area contributed by atoms with Crippen LogP contribution >= 0.6 is 0 Å². The lowest BCUT2D eigenvalue weighted by atomic mass is 10.0. The van der Waals surface area contributed by atoms with Crippen molar-refractivity contribution in [2.75, 3.05) is 26.4 Å². The van der Waals surface area contributed by atoms with Crippen LogP contribution in [0.2, 0.25) is 0 Å². The van der Waals surface area contributed by atoms with E-state index in [0.29, 0.717) is 50.1 Å². The van der Waals surface area contributed by atoms with Crippen molar-refractivity contribution >= 4 is 0 Å². The van der Waals surface area contributed by atoms with E-state index in [0.717, 1.165) is 18.4 Å². The Morgan fingerprint density at radius 3 is 2.74 bits per heavy atom. The first kappa shape index (κ1) is 19.5. The maximum Gasteiger partial charge on any atom is 0.573 e. The average Bonchev–Trinajstić information content (AvgIpc) is 3.08. The Labute approximate surface area is 155 Å². The van der Waals surface area contributed by atoms with E-state index in [-0.39, 0.29) is 5.75 Å². The second kappa shape index (κ2) is 8.62. The van der Waals surface area contributed by atoms with Gasteiger partial charge >= 0.3 is 6.36 Å². The van der Waals surface area contributed by atoms with Gasteiger partial charge in [-0.1, -0.05) is 0 Å². The Morgan fingerprint density at radius 1 is 1.26 bits per heavy atom. The molecule has 2 aromatic rings. The summed E-state index contributed by atoms with van der Waals surface area (Å²) in [5.74, 6) is 0.317. The van der Waals surface area contributed by atoms with Gasteiger partial charge in [0.25, 0.3) is 0 Å². The molecule has 2 N–H and O–H groups in total. The van der Waals surface area contributed by atoms with Crippen LogP contribution in [0.5, 0.6) is 11.5 Å². The van der Waals surface area contributed by atoms with Crippen LogP contribution in [-0.2, 0) is 11.3 Å². The molecule has 0 unspecified atom stereocenters. The van der Waals surface area contributed by atoms with Gasteiger partial charge in [0, 0.05) is 43.1 Å². The van der Waals surface area contributed by atoms with E-state index in [1.165, 1.54) is 12.1 Å². The lowest BCUT2D eigenvalue weighted by Gasteiger charge is -2.23. The molecule has 0 spiro atoms. The molecule has 1 aromatic heterocycles. The van der Waals surface area contributed by atoms with E-state index in [1.807, 2.05) is 0 Å². The molecule has 9 heteroatoms. The summed E-state index contributed by atoms with van der Waals surface area (Å²) in [7, 11) is 0. The molecule has 6 nitrogen and oxygen atoms in total. The quantitative estimate of drug-likeness (QED) is 0.793. The van der Waals surface area contributed by atoms with E-state index >= 15 is 0 Å². The Kier molecular flexibility index (Phi) is 6.22. The normalized spacial score (nSPS) is 15.7. The van der Waals surface area contributed by atoms with Gasteiger partial charge in [-0.05, 0) is 30.9 Å². The van der Waals surface area contributed by atoms with Gasteiger partial charge in [-0.25, -0.2) is 0 Å². The molecule has 0 radical (unpaired) electrons. The summed E-state index contributed by atoms with van der Waals surface area (Å²) >= 11 is 0. The van der Waals surface area contributed by atoms with Crippen LogP contribution in [-0.4, -0.2) is 42.5 Å². The third-order valence-corrected chi connectivity index (χ3v) is 4.30. The Morgan fingerprint density at radius 2 is 2.04 bits per heavy atom. The zero-order chi connectivity index (χ0) is 19.3. The van der Waals surface area contributed by atoms with Crippen LogP contribution < -0.4 is 15.2 Å². The predicted molar refractivity (Wildman–Crippen MR) is 92.4 cm³/mol. The molecule has 0 amide bonds. The molecular formula is C18H22F3N3O3. The van der Waals surface area contributed by atoms with Crippen LogP contribution in [0.3, 0.4) is 0 Å². The fourth-order valence-electron chi connectivity index (χ4n) is 2.94. The fraction of sp³-hybridized carbons (Fsp3) is 0.500. The van der Waals surface area contributed by atoms with Crippen molar-refractivity contribution in [1.29, 1.82) is 0 Å². The number of hydrogen-bond acceptors (Lipinski definition) is 5. The smallest absolute Gasteiger partial charge is 0.493 e. The Bertz CT molecular complexity index is 743. The van der Waals surface area contributed by atoms with Crippen molar-refractivity contribution in [2.45, 2.75) is 25.7 Å². The number of hydrogen-bond donors (Lipinski definition) is 1. The van der Waals surface area contributed by atoms with Crippen molar-refractivity contribution in [3.05, 3.63) is 30.6 Å². The van der Waals surface area contributed by atoms with Crippen molar-refractivity contribution < 1.29 is 27.4 Å². The van der Waals surface area contributed by atoms with Crippen LogP contribution in [0.15, 0.2) is 30.6 Å². The summed E-state index contributed by atoms with van der Waals surface area (Å²) in [6, 6.07) is 4.08. The molecule has 3 rings (SSSR count). The molecule has 1 aromatic carbocycles. The minimum atomic E-state index is -4.76. The van der Waals surface area contributed by atoms with E-state index in [1.54, 1.807) is 23.1 Å². The summed E-state index contributed by atoms with van der Waals surface area (Å²) in [6.07, 6.45) is 0.390. The lowest BCUT2D eigenvalue weighted by Crippen LogP contribution is -2.21. The first-order chi connectivity index (χ1) is 12.9. The van der Waals surface area contributed by atoms with Gasteiger partial charge in [0.05, 0.1) is 19.3 Å². The van der Waals surface area contributed by atoms with Gasteiger partial charge in [-0.3, -0.25) is 4.68 Å². The SMILES string of the molecule is NCCn1cc(-c2ccc(OC(F)(F)F)cc2OCC2CCOCC2)cn1. The molecule has 1 fully saturated rings. The highest BCUT2D eigenvalue weighted by atomic mass is 19.4. The number of ether oxygens (including phenoxy) is 3. The van der Waals surface area contributed by atoms with Gasteiger partial charge in [0.1, 0.15) is 11.5 Å². The van der Waals surface area contributed by atoms with Crippen LogP contribution in [0.1, 0.15) is 12.8 Å². The number of rotatable bonds is 7. The molecule has 0 atom stereocenters. The zero-order valence-electron chi connectivity index (χ0n) is 14.7. The van der Waals surface area contributed by atoms with E-state index < -0.39 is 6.36 Å². The number of nitrogens with two attached hydrogens (primary N) is 1. The average molecular weight is 385 g/mol. The molecule has 1 aliphatic heterocycles. The molecular weight excluding hydrogens is 363 g/mol. The van der Waals surface area contributed by atoms with Crippen molar-refractivity contribution in [2.24, 2.45) is 11.7 Å². The summed E-state index contributed by atoms with van der Waals surface area (Å²) < 4.78 is 54.6. The highest BCUT2D eigenvalue weighted by Gasteiger charge is 2.31. The van der Waals surface area contributed by atoms with Gasteiger partial charge in [-0.15, -0.1) is 13.2 Å². The summed E-state index contributed by atoms with van der Waals surface area (Å²) in [4.78, 5) is 0. The number of aromatic nitrogens is 2. The highest BCUT2D eigenvalue weighted by Crippen LogP contribution is 2.35. The van der Waals surface area contributed by atoms with Crippen LogP contribution in [0.25, 0.3) is 11.1 Å². The second-order valence-corrected chi connectivity index (χ2v) is 6.35. The number of nitrogens with zero attached hydrogens (tertiary/aromatic N) is 2. The van der Waals surface area contributed by atoms with Crippen LogP contribution in [0, 0.1) is 5.92 Å². The third kappa shape index (κ3) is 5.61. The maximum absolute atomic E-state index is 12.6. The predicted octanol–water partition coefficient (Wildman–Crippen LogP) is 3.21. The monoisotopic (exact) mass is 385 g/mol. The Hall–Kier alpha value is -2.26. The molecule has 1 aliphatic rings. The third-order valence-electron chi connectivity index (χ3n) is 4.30. The van der Waals surface area contributed by atoms with Crippen molar-refractivity contribution in [1.82, 2.24) is 9.78 Å². The summed E-state index contributed by atoms with van der Waals surface area (Å²) in [5, 5.41) is 4.21. The minimum Gasteiger partial charge on any atom is -0.493 e. The van der Waals surface area contributed by atoms with E-state index in [9.17, 15) is 13.2 Å². The number of benzene rings is 1. The minimum absolute atomic E-state index is 0.304. The molecule has 0 bridgehead atoms. The molecule has 0 aliphatic carbocycles. The topological polar surface area (TPSA) is 71.5 Å². The molecule has 0 saturated carbocycles. The fourth-order valence-corrected chi connectivity index (χ4v) is 2.94. The first-order valence-electron chi connectivity index (χ1n) is 8.78. The number of halogens is 3. The van der Waals surface area contributed by atoms with Gasteiger partial charge in [0.2, 0.25) is 0 Å². The van der Waals surface area contributed by atoms with Crippen LogP contribution in [0.4, 0.5) is 13.2 Å². The largest absolute Gasteiger partial charge is 0.573 e. The van der Waals surface area contributed by atoms with Crippen molar-refractivity contribution in [3.63, 3.8) is 0 Å². The van der Waals surface area contributed by atoms with Gasteiger partial charge in [0.15, 0.2) is 0 Å². The van der Waals surface area contributed by atoms with Crippen molar-refractivity contribution in [3.8, 4) is 22.6 Å². The molecule has 1 saturated heterocycles. The van der Waals surface area contributed by atoms with E-state index in [2.05, 4.69) is 9.84 Å². The zero-order valence-corrected chi connectivity index (χ0v) is 14.7. The molecule has 27 heavy (non-hydrogen) atoms. The Balaban J connectivity index is 1.83. The highest BCUT2D eigenvalue weighted by molar-refractivity contribution is 5.70. The molecule has 2 heterocycles.